The van der Waals surface area contributed by atoms with E-state index in [2.05, 4.69) is 9.97 Å². The van der Waals surface area contributed by atoms with Crippen LogP contribution in [-0.2, 0) is 10.9 Å². The summed E-state index contributed by atoms with van der Waals surface area (Å²) in [5.41, 5.74) is -0.200. The molecule has 9 heteroatoms. The summed E-state index contributed by atoms with van der Waals surface area (Å²) in [4.78, 5) is 8.51. The zero-order valence-corrected chi connectivity index (χ0v) is 16.2. The van der Waals surface area contributed by atoms with Gasteiger partial charge in [-0.25, -0.2) is 0 Å². The molecule has 1 N–H and O–H groups in total. The third-order valence-electron chi connectivity index (χ3n) is 4.22. The summed E-state index contributed by atoms with van der Waals surface area (Å²) >= 11 is 1.16. The average Bonchev–Trinajstić information content (AvgIpc) is 2.65. The molecule has 1 aromatic heterocycles. The molecule has 1 aromatic carbocycles. The minimum atomic E-state index is -4.42. The fourth-order valence-corrected chi connectivity index (χ4v) is 3.71. The lowest BCUT2D eigenvalue weighted by Crippen LogP contribution is -2.33. The van der Waals surface area contributed by atoms with Gasteiger partial charge in [-0.2, -0.15) is 23.1 Å². The highest BCUT2D eigenvalue weighted by atomic mass is 32.2. The van der Waals surface area contributed by atoms with E-state index < -0.39 is 16.5 Å². The third-order valence-corrected chi connectivity index (χ3v) is 5.78. The van der Waals surface area contributed by atoms with Crippen LogP contribution in [0.25, 0.3) is 0 Å². The van der Waals surface area contributed by atoms with Crippen LogP contribution in [0.3, 0.4) is 0 Å². The SMILES string of the molecule is COc1cc(OC)nc(SC(CO)(c2ccc(C(F)(F)F)cc2)C(C)C)n1. The molecule has 0 aliphatic carbocycles. The van der Waals surface area contributed by atoms with Crippen molar-refractivity contribution in [3.63, 3.8) is 0 Å². The Labute approximate surface area is 159 Å². The van der Waals surface area contributed by atoms with Crippen molar-refractivity contribution in [3.8, 4) is 11.8 Å². The summed E-state index contributed by atoms with van der Waals surface area (Å²) in [6.45, 7) is 3.43. The molecule has 0 bridgehead atoms. The number of aliphatic hydroxyl groups excluding tert-OH is 1. The Kier molecular flexibility index (Phi) is 6.59. The van der Waals surface area contributed by atoms with E-state index in [1.54, 1.807) is 0 Å². The molecule has 2 aromatic rings. The second-order valence-electron chi connectivity index (χ2n) is 6.11. The normalized spacial score (nSPS) is 14.1. The van der Waals surface area contributed by atoms with Crippen LogP contribution < -0.4 is 9.47 Å². The first-order chi connectivity index (χ1) is 12.7. The van der Waals surface area contributed by atoms with E-state index in [0.717, 1.165) is 23.9 Å². The van der Waals surface area contributed by atoms with Crippen molar-refractivity contribution in [2.75, 3.05) is 20.8 Å². The predicted octanol–water partition coefficient (Wildman–Crippen LogP) is 4.15. The Balaban J connectivity index is 2.48. The number of halogens is 3. The molecule has 5 nitrogen and oxygen atoms in total. The van der Waals surface area contributed by atoms with Gasteiger partial charge in [0, 0.05) is 0 Å². The van der Waals surface area contributed by atoms with Gasteiger partial charge in [0.1, 0.15) is 0 Å². The molecule has 0 saturated carbocycles. The van der Waals surface area contributed by atoms with Gasteiger partial charge in [-0.15, -0.1) is 0 Å². The Bertz CT molecular complexity index is 747. The summed E-state index contributed by atoms with van der Waals surface area (Å²) in [6, 6.07) is 6.29. The van der Waals surface area contributed by atoms with Gasteiger partial charge < -0.3 is 14.6 Å². The second kappa shape index (κ2) is 8.35. The van der Waals surface area contributed by atoms with Crippen LogP contribution in [0.15, 0.2) is 35.5 Å². The van der Waals surface area contributed by atoms with Gasteiger partial charge in [0.2, 0.25) is 11.8 Å². The van der Waals surface area contributed by atoms with E-state index in [4.69, 9.17) is 9.47 Å². The molecular weight excluding hydrogens is 381 g/mol. The zero-order chi connectivity index (χ0) is 20.2. The number of hydrogen-bond donors (Lipinski definition) is 1. The number of ether oxygens (including phenoxy) is 2. The van der Waals surface area contributed by atoms with E-state index >= 15 is 0 Å². The van der Waals surface area contributed by atoms with Gasteiger partial charge in [-0.05, 0) is 23.6 Å². The van der Waals surface area contributed by atoms with E-state index in [-0.39, 0.29) is 29.4 Å². The predicted molar refractivity (Wildman–Crippen MR) is 96.0 cm³/mol. The standard InChI is InChI=1S/C18H21F3N2O3S/c1-11(2)17(10-24,12-5-7-13(8-6-12)18(19,20)21)27-16-22-14(25-3)9-15(23-16)26-4/h5-9,11,24H,10H2,1-4H3. The van der Waals surface area contributed by atoms with Crippen molar-refractivity contribution in [3.05, 3.63) is 41.5 Å². The Morgan fingerprint density at radius 3 is 1.85 bits per heavy atom. The molecule has 0 aliphatic heterocycles. The number of nitrogens with zero attached hydrogens (tertiary/aromatic N) is 2. The first kappa shape index (κ1) is 21.3. The number of thioether (sulfide) groups is 1. The lowest BCUT2D eigenvalue weighted by atomic mass is 9.87. The summed E-state index contributed by atoms with van der Waals surface area (Å²) < 4.78 is 47.9. The van der Waals surface area contributed by atoms with Crippen molar-refractivity contribution in [1.82, 2.24) is 9.97 Å². The largest absolute Gasteiger partial charge is 0.481 e. The number of aromatic nitrogens is 2. The topological polar surface area (TPSA) is 64.5 Å². The lowest BCUT2D eigenvalue weighted by molar-refractivity contribution is -0.137. The van der Waals surface area contributed by atoms with Crippen LogP contribution in [0.1, 0.15) is 25.0 Å². The average molecular weight is 402 g/mol. The van der Waals surface area contributed by atoms with Gasteiger partial charge in [0.05, 0.1) is 37.2 Å². The van der Waals surface area contributed by atoms with Crippen LogP contribution >= 0.6 is 11.8 Å². The molecule has 0 radical (unpaired) electrons. The monoisotopic (exact) mass is 402 g/mol. The molecule has 2 rings (SSSR count). The third kappa shape index (κ3) is 4.65. The fourth-order valence-electron chi connectivity index (χ4n) is 2.56. The van der Waals surface area contributed by atoms with Crippen molar-refractivity contribution in [2.24, 2.45) is 5.92 Å². The lowest BCUT2D eigenvalue weighted by Gasteiger charge is -2.35. The van der Waals surface area contributed by atoms with Gasteiger partial charge in [-0.1, -0.05) is 37.7 Å². The number of alkyl halides is 3. The quantitative estimate of drug-likeness (QED) is 0.555. The zero-order valence-electron chi connectivity index (χ0n) is 15.4. The number of methoxy groups -OCH3 is 2. The number of benzene rings is 1. The minimum absolute atomic E-state index is 0.134. The molecule has 1 heterocycles. The summed E-state index contributed by atoms with van der Waals surface area (Å²) in [5, 5.41) is 10.5. The van der Waals surface area contributed by atoms with Gasteiger partial charge in [0.15, 0.2) is 5.16 Å². The summed E-state index contributed by atoms with van der Waals surface area (Å²) in [6.07, 6.45) is -4.42. The maximum absolute atomic E-state index is 12.9. The Morgan fingerprint density at radius 1 is 1.00 bits per heavy atom. The van der Waals surface area contributed by atoms with Crippen LogP contribution in [0.4, 0.5) is 13.2 Å². The summed E-state index contributed by atoms with van der Waals surface area (Å²) in [5.74, 6) is 0.435. The minimum Gasteiger partial charge on any atom is -0.481 e. The van der Waals surface area contributed by atoms with Gasteiger partial charge in [-0.3, -0.25) is 0 Å². The van der Waals surface area contributed by atoms with Crippen LogP contribution in [0, 0.1) is 5.92 Å². The molecule has 27 heavy (non-hydrogen) atoms. The van der Waals surface area contributed by atoms with E-state index in [1.807, 2.05) is 13.8 Å². The highest BCUT2D eigenvalue weighted by Crippen LogP contribution is 2.46. The molecule has 0 fully saturated rings. The molecule has 0 amide bonds. The van der Waals surface area contributed by atoms with Crippen LogP contribution in [0.2, 0.25) is 0 Å². The van der Waals surface area contributed by atoms with E-state index in [9.17, 15) is 18.3 Å². The highest BCUT2D eigenvalue weighted by Gasteiger charge is 2.39. The molecule has 0 saturated heterocycles. The summed E-state index contributed by atoms with van der Waals surface area (Å²) in [7, 11) is 2.90. The molecule has 148 valence electrons. The van der Waals surface area contributed by atoms with E-state index in [1.165, 1.54) is 32.4 Å². The maximum atomic E-state index is 12.9. The van der Waals surface area contributed by atoms with Crippen molar-refractivity contribution >= 4 is 11.8 Å². The molecule has 0 aliphatic rings. The second-order valence-corrected chi connectivity index (χ2v) is 7.41. The first-order valence-corrected chi connectivity index (χ1v) is 8.92. The molecule has 1 atom stereocenters. The number of rotatable bonds is 7. The Morgan fingerprint density at radius 2 is 1.48 bits per heavy atom. The Hall–Kier alpha value is -2.00. The molecular formula is C18H21F3N2O3S. The highest BCUT2D eigenvalue weighted by molar-refractivity contribution is 8.00. The smallest absolute Gasteiger partial charge is 0.416 e. The van der Waals surface area contributed by atoms with Gasteiger partial charge in [0.25, 0.3) is 0 Å². The molecule has 0 spiro atoms. The van der Waals surface area contributed by atoms with Crippen LogP contribution in [-0.4, -0.2) is 35.9 Å². The van der Waals surface area contributed by atoms with Crippen molar-refractivity contribution in [2.45, 2.75) is 29.9 Å². The maximum Gasteiger partial charge on any atom is 0.416 e. The van der Waals surface area contributed by atoms with E-state index in [0.29, 0.717) is 5.56 Å². The van der Waals surface area contributed by atoms with Crippen molar-refractivity contribution in [1.29, 1.82) is 0 Å². The fraction of sp³-hybridized carbons (Fsp3) is 0.444. The van der Waals surface area contributed by atoms with Crippen LogP contribution in [0.5, 0.6) is 11.8 Å². The first-order valence-electron chi connectivity index (χ1n) is 8.11. The van der Waals surface area contributed by atoms with Crippen molar-refractivity contribution < 1.29 is 27.8 Å². The number of hydrogen-bond acceptors (Lipinski definition) is 6. The molecule has 1 unspecified atom stereocenters. The van der Waals surface area contributed by atoms with Gasteiger partial charge >= 0.3 is 6.18 Å². The number of aliphatic hydroxyl groups is 1.